The van der Waals surface area contributed by atoms with Crippen molar-refractivity contribution in [2.75, 3.05) is 6.61 Å². The lowest BCUT2D eigenvalue weighted by Crippen LogP contribution is -2.29. The Hall–Kier alpha value is -0.760. The molecule has 1 rings (SSSR count). The Morgan fingerprint density at radius 2 is 1.92 bits per heavy atom. The van der Waals surface area contributed by atoms with Crippen molar-refractivity contribution < 1.29 is 5.11 Å². The van der Waals surface area contributed by atoms with E-state index in [9.17, 15) is 0 Å². The molecule has 1 N–H and O–H groups in total. The van der Waals surface area contributed by atoms with E-state index in [-0.39, 0.29) is 12.1 Å². The molecule has 0 aliphatic heterocycles. The molecule has 1 aromatic heterocycles. The van der Waals surface area contributed by atoms with Gasteiger partial charge in [-0.1, -0.05) is 6.92 Å². The second-order valence-electron chi connectivity index (χ2n) is 3.41. The predicted octanol–water partition coefficient (Wildman–Crippen LogP) is 2.00. The van der Waals surface area contributed by atoms with E-state index in [1.165, 1.54) is 0 Å². The fourth-order valence-electron chi connectivity index (χ4n) is 1.42. The summed E-state index contributed by atoms with van der Waals surface area (Å²) < 4.78 is 2.17. The third-order valence-electron chi connectivity index (χ3n) is 2.64. The molecule has 0 saturated heterocycles. The summed E-state index contributed by atoms with van der Waals surface area (Å²) in [5.41, 5.74) is 0.0816. The van der Waals surface area contributed by atoms with Crippen LogP contribution in [0.4, 0.5) is 0 Å². The van der Waals surface area contributed by atoms with Crippen LogP contribution in [-0.4, -0.2) is 16.3 Å². The van der Waals surface area contributed by atoms with E-state index in [2.05, 4.69) is 30.8 Å². The van der Waals surface area contributed by atoms with Crippen LogP contribution < -0.4 is 0 Å². The minimum Gasteiger partial charge on any atom is -0.396 e. The van der Waals surface area contributed by atoms with E-state index >= 15 is 0 Å². The average Bonchev–Trinajstić information content (AvgIpc) is 2.57. The molecule has 1 aromatic rings. The Bertz CT molecular complexity index is 218. The summed E-state index contributed by atoms with van der Waals surface area (Å²) in [4.78, 5) is 0. The predicted molar refractivity (Wildman–Crippen MR) is 50.1 cm³/mol. The van der Waals surface area contributed by atoms with Crippen molar-refractivity contribution in [1.29, 1.82) is 0 Å². The minimum atomic E-state index is 0.0816. The molecule has 2 heteroatoms. The first-order valence-electron chi connectivity index (χ1n) is 4.47. The molecule has 1 unspecified atom stereocenters. The summed E-state index contributed by atoms with van der Waals surface area (Å²) in [6, 6.07) is 4.04. The van der Waals surface area contributed by atoms with Crippen LogP contribution in [0.3, 0.4) is 0 Å². The second kappa shape index (κ2) is 3.76. The van der Waals surface area contributed by atoms with E-state index < -0.39 is 0 Å². The van der Waals surface area contributed by atoms with Gasteiger partial charge in [-0.05, 0) is 31.9 Å². The lowest BCUT2D eigenvalue weighted by molar-refractivity contribution is 0.194. The van der Waals surface area contributed by atoms with Gasteiger partial charge in [0.15, 0.2) is 0 Å². The van der Waals surface area contributed by atoms with Gasteiger partial charge in [-0.2, -0.15) is 0 Å². The highest BCUT2D eigenvalue weighted by Crippen LogP contribution is 2.23. The third kappa shape index (κ3) is 1.69. The highest BCUT2D eigenvalue weighted by molar-refractivity contribution is 4.97. The van der Waals surface area contributed by atoms with E-state index in [0.29, 0.717) is 0 Å². The number of aliphatic hydroxyl groups excluding tert-OH is 1. The molecule has 1 atom stereocenters. The van der Waals surface area contributed by atoms with Crippen molar-refractivity contribution in [3.8, 4) is 0 Å². The van der Waals surface area contributed by atoms with Crippen molar-refractivity contribution >= 4 is 0 Å². The molecular formula is C10H17NO. The Morgan fingerprint density at radius 3 is 2.33 bits per heavy atom. The quantitative estimate of drug-likeness (QED) is 0.729. The lowest BCUT2D eigenvalue weighted by atomic mass is 9.95. The van der Waals surface area contributed by atoms with Gasteiger partial charge >= 0.3 is 0 Å². The Balaban J connectivity index is 2.80. The molecule has 0 amide bonds. The van der Waals surface area contributed by atoms with Crippen LogP contribution in [0.15, 0.2) is 24.5 Å². The molecule has 12 heavy (non-hydrogen) atoms. The zero-order chi connectivity index (χ0) is 9.03. The van der Waals surface area contributed by atoms with Crippen LogP contribution >= 0.6 is 0 Å². The van der Waals surface area contributed by atoms with Crippen LogP contribution in [0, 0.1) is 0 Å². The van der Waals surface area contributed by atoms with Crippen molar-refractivity contribution in [2.45, 2.75) is 32.2 Å². The SMILES string of the molecule is CCC(C)(CCO)n1cccc1. The second-order valence-corrected chi connectivity index (χ2v) is 3.41. The van der Waals surface area contributed by atoms with Gasteiger partial charge in [0.1, 0.15) is 0 Å². The van der Waals surface area contributed by atoms with E-state index in [0.717, 1.165) is 12.8 Å². The van der Waals surface area contributed by atoms with Crippen LogP contribution in [0.2, 0.25) is 0 Å². The third-order valence-corrected chi connectivity index (χ3v) is 2.64. The van der Waals surface area contributed by atoms with Gasteiger partial charge in [-0.3, -0.25) is 0 Å². The first-order valence-corrected chi connectivity index (χ1v) is 4.47. The molecule has 0 saturated carbocycles. The fourth-order valence-corrected chi connectivity index (χ4v) is 1.42. The maximum absolute atomic E-state index is 8.92. The van der Waals surface area contributed by atoms with Gasteiger partial charge in [0.05, 0.1) is 0 Å². The molecule has 2 nitrogen and oxygen atoms in total. The molecule has 0 aliphatic carbocycles. The zero-order valence-corrected chi connectivity index (χ0v) is 7.83. The smallest absolute Gasteiger partial charge is 0.0453 e. The largest absolute Gasteiger partial charge is 0.396 e. The fraction of sp³-hybridized carbons (Fsp3) is 0.600. The molecule has 0 spiro atoms. The number of nitrogens with zero attached hydrogens (tertiary/aromatic N) is 1. The zero-order valence-electron chi connectivity index (χ0n) is 7.83. The van der Waals surface area contributed by atoms with E-state index in [1.54, 1.807) is 0 Å². The summed E-state index contributed by atoms with van der Waals surface area (Å²) >= 11 is 0. The summed E-state index contributed by atoms with van der Waals surface area (Å²) in [6.45, 7) is 4.57. The van der Waals surface area contributed by atoms with E-state index in [1.807, 2.05) is 12.1 Å². The van der Waals surface area contributed by atoms with Gasteiger partial charge in [0.25, 0.3) is 0 Å². The van der Waals surface area contributed by atoms with Crippen molar-refractivity contribution in [3.63, 3.8) is 0 Å². The molecule has 0 bridgehead atoms. The number of rotatable bonds is 4. The normalized spacial score (nSPS) is 15.9. The summed E-state index contributed by atoms with van der Waals surface area (Å²) in [6.07, 6.45) is 5.97. The minimum absolute atomic E-state index is 0.0816. The van der Waals surface area contributed by atoms with Crippen LogP contribution in [0.5, 0.6) is 0 Å². The van der Waals surface area contributed by atoms with E-state index in [4.69, 9.17) is 5.11 Å². The number of hydrogen-bond acceptors (Lipinski definition) is 1. The monoisotopic (exact) mass is 167 g/mol. The van der Waals surface area contributed by atoms with Crippen LogP contribution in [-0.2, 0) is 5.54 Å². The molecule has 0 radical (unpaired) electrons. The Morgan fingerprint density at radius 1 is 1.33 bits per heavy atom. The van der Waals surface area contributed by atoms with Gasteiger partial charge in [0, 0.05) is 24.5 Å². The van der Waals surface area contributed by atoms with Gasteiger partial charge in [-0.25, -0.2) is 0 Å². The number of hydrogen-bond donors (Lipinski definition) is 1. The Labute approximate surface area is 73.8 Å². The molecule has 68 valence electrons. The molecule has 0 aromatic carbocycles. The molecule has 0 fully saturated rings. The topological polar surface area (TPSA) is 25.2 Å². The summed E-state index contributed by atoms with van der Waals surface area (Å²) in [7, 11) is 0. The summed E-state index contributed by atoms with van der Waals surface area (Å²) in [5, 5.41) is 8.92. The van der Waals surface area contributed by atoms with Crippen molar-refractivity contribution in [2.24, 2.45) is 0 Å². The van der Waals surface area contributed by atoms with Gasteiger partial charge in [0.2, 0.25) is 0 Å². The molecule has 1 heterocycles. The van der Waals surface area contributed by atoms with Gasteiger partial charge < -0.3 is 9.67 Å². The number of aliphatic hydroxyl groups is 1. The highest BCUT2D eigenvalue weighted by atomic mass is 16.3. The lowest BCUT2D eigenvalue weighted by Gasteiger charge is -2.29. The molecular weight excluding hydrogens is 150 g/mol. The average molecular weight is 167 g/mol. The number of aromatic nitrogens is 1. The van der Waals surface area contributed by atoms with Crippen molar-refractivity contribution in [3.05, 3.63) is 24.5 Å². The maximum Gasteiger partial charge on any atom is 0.0453 e. The highest BCUT2D eigenvalue weighted by Gasteiger charge is 2.21. The molecule has 0 aliphatic rings. The first kappa shape index (κ1) is 9.33. The summed E-state index contributed by atoms with van der Waals surface area (Å²) in [5.74, 6) is 0. The van der Waals surface area contributed by atoms with Crippen LogP contribution in [0.1, 0.15) is 26.7 Å². The first-order chi connectivity index (χ1) is 5.73. The van der Waals surface area contributed by atoms with Gasteiger partial charge in [-0.15, -0.1) is 0 Å². The van der Waals surface area contributed by atoms with Crippen molar-refractivity contribution in [1.82, 2.24) is 4.57 Å². The Kier molecular flexibility index (Phi) is 2.93. The standard InChI is InChI=1S/C10H17NO/c1-3-10(2,6-9-12)11-7-4-5-8-11/h4-5,7-8,12H,3,6,9H2,1-2H3. The maximum atomic E-state index is 8.92. The van der Waals surface area contributed by atoms with Crippen LogP contribution in [0.25, 0.3) is 0 Å².